The summed E-state index contributed by atoms with van der Waals surface area (Å²) in [6, 6.07) is 13.7. The fourth-order valence-corrected chi connectivity index (χ4v) is 6.26. The number of amides is 1. The van der Waals surface area contributed by atoms with E-state index in [9.17, 15) is 14.7 Å². The van der Waals surface area contributed by atoms with Crippen LogP contribution in [0.2, 0.25) is 0 Å². The molecule has 1 amide bonds. The SMILES string of the molecule is CCc1ccc(C(=O)N2CCc3c(cccc3[C@H](CC(=O)O)c3cc(OC)c4c(c3)nnn4C)C2)c2c1OCC2. The average Bonchev–Trinajstić information content (AvgIpc) is 3.61. The highest BCUT2D eigenvalue weighted by molar-refractivity contribution is 5.97. The lowest BCUT2D eigenvalue weighted by Crippen LogP contribution is -2.37. The first-order valence-electron chi connectivity index (χ1n) is 13.7. The van der Waals surface area contributed by atoms with Gasteiger partial charge < -0.3 is 19.5 Å². The predicted octanol–water partition coefficient (Wildman–Crippen LogP) is 4.28. The van der Waals surface area contributed by atoms with Crippen molar-refractivity contribution < 1.29 is 24.2 Å². The van der Waals surface area contributed by atoms with Crippen molar-refractivity contribution in [2.24, 2.45) is 7.05 Å². The summed E-state index contributed by atoms with van der Waals surface area (Å²) in [6.07, 6.45) is 2.17. The molecule has 0 fully saturated rings. The molecule has 0 unspecified atom stereocenters. The molecule has 206 valence electrons. The van der Waals surface area contributed by atoms with Crippen molar-refractivity contribution in [3.8, 4) is 11.5 Å². The molecule has 2 aliphatic heterocycles. The zero-order valence-corrected chi connectivity index (χ0v) is 22.9. The number of carboxylic acids is 1. The molecule has 40 heavy (non-hydrogen) atoms. The average molecular weight is 541 g/mol. The van der Waals surface area contributed by atoms with Gasteiger partial charge in [-0.2, -0.15) is 0 Å². The predicted molar refractivity (Wildman–Crippen MR) is 149 cm³/mol. The van der Waals surface area contributed by atoms with Crippen LogP contribution in [-0.2, 0) is 37.6 Å². The van der Waals surface area contributed by atoms with Crippen LogP contribution in [0.5, 0.6) is 11.5 Å². The molecule has 2 aliphatic rings. The van der Waals surface area contributed by atoms with Crippen molar-refractivity contribution in [2.45, 2.75) is 45.1 Å². The Bertz CT molecular complexity index is 1640. The van der Waals surface area contributed by atoms with E-state index in [2.05, 4.69) is 17.2 Å². The van der Waals surface area contributed by atoms with Gasteiger partial charge in [0.05, 0.1) is 20.1 Å². The highest BCUT2D eigenvalue weighted by atomic mass is 16.5. The van der Waals surface area contributed by atoms with E-state index < -0.39 is 11.9 Å². The number of rotatable bonds is 7. The molecule has 4 aromatic rings. The molecule has 3 heterocycles. The Balaban J connectivity index is 1.35. The van der Waals surface area contributed by atoms with E-state index in [1.165, 1.54) is 0 Å². The second-order valence-corrected chi connectivity index (χ2v) is 10.4. The van der Waals surface area contributed by atoms with Gasteiger partial charge in [-0.1, -0.05) is 36.4 Å². The second kappa shape index (κ2) is 10.3. The Hall–Kier alpha value is -4.40. The highest BCUT2D eigenvalue weighted by Gasteiger charge is 2.31. The number of fused-ring (bicyclic) bond motifs is 3. The Morgan fingerprint density at radius 2 is 2.00 bits per heavy atom. The number of hydrogen-bond donors (Lipinski definition) is 1. The van der Waals surface area contributed by atoms with Crippen LogP contribution in [0.3, 0.4) is 0 Å². The molecule has 1 aromatic heterocycles. The number of hydrogen-bond acceptors (Lipinski definition) is 6. The molecule has 1 N–H and O–H groups in total. The molecule has 1 atom stereocenters. The third kappa shape index (κ3) is 4.35. The van der Waals surface area contributed by atoms with Crippen LogP contribution in [0.25, 0.3) is 11.0 Å². The summed E-state index contributed by atoms with van der Waals surface area (Å²) in [6.45, 7) is 3.73. The smallest absolute Gasteiger partial charge is 0.304 e. The van der Waals surface area contributed by atoms with Crippen LogP contribution >= 0.6 is 0 Å². The van der Waals surface area contributed by atoms with Crippen LogP contribution in [0.1, 0.15) is 63.0 Å². The number of carbonyl (C=O) groups excluding carboxylic acids is 1. The Morgan fingerprint density at radius 3 is 2.77 bits per heavy atom. The van der Waals surface area contributed by atoms with Crippen LogP contribution < -0.4 is 9.47 Å². The van der Waals surface area contributed by atoms with Gasteiger partial charge in [-0.3, -0.25) is 9.59 Å². The molecule has 0 saturated carbocycles. The Kier molecular flexibility index (Phi) is 6.65. The van der Waals surface area contributed by atoms with Gasteiger partial charge in [0.1, 0.15) is 22.5 Å². The quantitative estimate of drug-likeness (QED) is 0.373. The van der Waals surface area contributed by atoms with Crippen LogP contribution in [0.15, 0.2) is 42.5 Å². The van der Waals surface area contributed by atoms with Crippen LogP contribution in [-0.4, -0.2) is 57.1 Å². The van der Waals surface area contributed by atoms with Gasteiger partial charge >= 0.3 is 5.97 Å². The molecule has 0 radical (unpaired) electrons. The van der Waals surface area contributed by atoms with E-state index in [1.54, 1.807) is 18.8 Å². The van der Waals surface area contributed by atoms with Crippen LogP contribution in [0.4, 0.5) is 0 Å². The van der Waals surface area contributed by atoms with E-state index in [1.807, 2.05) is 47.4 Å². The highest BCUT2D eigenvalue weighted by Crippen LogP contribution is 2.39. The van der Waals surface area contributed by atoms with Gasteiger partial charge in [0.2, 0.25) is 0 Å². The minimum atomic E-state index is -0.889. The summed E-state index contributed by atoms with van der Waals surface area (Å²) in [7, 11) is 3.39. The first-order chi connectivity index (χ1) is 19.4. The zero-order chi connectivity index (χ0) is 28.0. The van der Waals surface area contributed by atoms with Gasteiger partial charge in [0, 0.05) is 43.6 Å². The number of ether oxygens (including phenoxy) is 2. The van der Waals surface area contributed by atoms with Gasteiger partial charge in [0.25, 0.3) is 5.91 Å². The molecule has 0 spiro atoms. The second-order valence-electron chi connectivity index (χ2n) is 10.4. The summed E-state index contributed by atoms with van der Waals surface area (Å²) in [5.74, 6) is 0.194. The normalized spacial score (nSPS) is 14.9. The number of methoxy groups -OCH3 is 1. The van der Waals surface area contributed by atoms with E-state index >= 15 is 0 Å². The molecule has 0 bridgehead atoms. The van der Waals surface area contributed by atoms with E-state index in [0.29, 0.717) is 37.4 Å². The summed E-state index contributed by atoms with van der Waals surface area (Å²) in [4.78, 5) is 27.7. The minimum absolute atomic E-state index is 0.0142. The Morgan fingerprint density at radius 1 is 1.15 bits per heavy atom. The first-order valence-corrected chi connectivity index (χ1v) is 13.7. The Labute approximate surface area is 232 Å². The van der Waals surface area contributed by atoms with Gasteiger partial charge in [-0.25, -0.2) is 4.68 Å². The fraction of sp³-hybridized carbons (Fsp3) is 0.355. The van der Waals surface area contributed by atoms with Crippen LogP contribution in [0, 0.1) is 0 Å². The monoisotopic (exact) mass is 540 g/mol. The lowest BCUT2D eigenvalue weighted by Gasteiger charge is -2.32. The number of aliphatic carboxylic acids is 1. The van der Waals surface area contributed by atoms with E-state index in [-0.39, 0.29) is 12.3 Å². The van der Waals surface area contributed by atoms with E-state index in [4.69, 9.17) is 9.47 Å². The maximum atomic E-state index is 13.7. The fourth-order valence-electron chi connectivity index (χ4n) is 6.26. The largest absolute Gasteiger partial charge is 0.494 e. The summed E-state index contributed by atoms with van der Waals surface area (Å²) in [5, 5.41) is 18.3. The van der Waals surface area contributed by atoms with Gasteiger partial charge in [0.15, 0.2) is 0 Å². The number of aromatic nitrogens is 3. The molecule has 3 aromatic carbocycles. The molecular formula is C31H32N4O5. The van der Waals surface area contributed by atoms with Crippen molar-refractivity contribution in [1.82, 2.24) is 19.9 Å². The zero-order valence-electron chi connectivity index (χ0n) is 22.9. The number of aryl methyl sites for hydroxylation is 2. The molecule has 9 heteroatoms. The number of carboxylic acid groups (broad SMARTS) is 1. The third-order valence-electron chi connectivity index (χ3n) is 8.21. The summed E-state index contributed by atoms with van der Waals surface area (Å²) in [5.41, 5.74) is 8.19. The van der Waals surface area contributed by atoms with Crippen molar-refractivity contribution >= 4 is 22.9 Å². The number of nitrogens with zero attached hydrogens (tertiary/aromatic N) is 4. The maximum Gasteiger partial charge on any atom is 0.304 e. The lowest BCUT2D eigenvalue weighted by atomic mass is 9.82. The number of carbonyl (C=O) groups is 2. The van der Waals surface area contributed by atoms with Crippen molar-refractivity contribution in [3.63, 3.8) is 0 Å². The standard InChI is InChI=1S/C31H32N4O5/c1-4-18-8-9-24(23-11-13-40-30(18)23)31(38)35-12-10-21-19(17-35)6-5-7-22(21)25(16-28(36)37)20-14-26-29(27(15-20)39-3)34(2)33-32-26/h5-9,14-15,25H,4,10-13,16-17H2,1-3H3,(H,36,37)/t25-/m1/s1. The molecular weight excluding hydrogens is 508 g/mol. The summed E-state index contributed by atoms with van der Waals surface area (Å²) >= 11 is 0. The molecule has 9 nitrogen and oxygen atoms in total. The maximum absolute atomic E-state index is 13.7. The minimum Gasteiger partial charge on any atom is -0.494 e. The van der Waals surface area contributed by atoms with Gasteiger partial charge in [-0.15, -0.1) is 5.10 Å². The topological polar surface area (TPSA) is 107 Å². The summed E-state index contributed by atoms with van der Waals surface area (Å²) < 4.78 is 13.2. The lowest BCUT2D eigenvalue weighted by molar-refractivity contribution is -0.137. The number of benzene rings is 3. The van der Waals surface area contributed by atoms with Crippen molar-refractivity contribution in [1.29, 1.82) is 0 Å². The van der Waals surface area contributed by atoms with Gasteiger partial charge in [-0.05, 0) is 58.9 Å². The molecule has 0 aliphatic carbocycles. The first kappa shape index (κ1) is 25.9. The van der Waals surface area contributed by atoms with Crippen molar-refractivity contribution in [2.75, 3.05) is 20.3 Å². The van der Waals surface area contributed by atoms with E-state index in [0.717, 1.165) is 63.1 Å². The molecule has 6 rings (SSSR count). The molecule has 0 saturated heterocycles. The van der Waals surface area contributed by atoms with Crippen molar-refractivity contribution in [3.05, 3.63) is 81.4 Å². The third-order valence-corrected chi connectivity index (χ3v) is 8.21.